The molecule has 0 bridgehead atoms. The summed E-state index contributed by atoms with van der Waals surface area (Å²) in [7, 11) is 0. The number of ether oxygens (including phenoxy) is 3. The molecule has 0 radical (unpaired) electrons. The molecule has 22 heavy (non-hydrogen) atoms. The van der Waals surface area contributed by atoms with Crippen LogP contribution in [0.4, 0.5) is 4.79 Å². The highest BCUT2D eigenvalue weighted by atomic mass is 16.6. The SMILES string of the molecule is CCOC(=O)COc1cccc(CNC(=O)OC(C)(C)C)c1. The summed E-state index contributed by atoms with van der Waals surface area (Å²) in [6, 6.07) is 7.11. The highest BCUT2D eigenvalue weighted by molar-refractivity contribution is 5.71. The highest BCUT2D eigenvalue weighted by Gasteiger charge is 2.15. The minimum atomic E-state index is -0.533. The molecule has 0 heterocycles. The van der Waals surface area contributed by atoms with Crippen molar-refractivity contribution in [3.63, 3.8) is 0 Å². The smallest absolute Gasteiger partial charge is 0.407 e. The van der Waals surface area contributed by atoms with Crippen molar-refractivity contribution in [1.29, 1.82) is 0 Å². The topological polar surface area (TPSA) is 73.9 Å². The van der Waals surface area contributed by atoms with Crippen LogP contribution in [-0.2, 0) is 20.8 Å². The van der Waals surface area contributed by atoms with Crippen LogP contribution < -0.4 is 10.1 Å². The molecule has 1 N–H and O–H groups in total. The molecule has 1 aromatic carbocycles. The first kappa shape index (κ1) is 17.8. The molecule has 1 rings (SSSR count). The molecule has 0 saturated heterocycles. The summed E-state index contributed by atoms with van der Waals surface area (Å²) < 4.78 is 15.3. The van der Waals surface area contributed by atoms with Crippen molar-refractivity contribution < 1.29 is 23.8 Å². The number of alkyl carbamates (subject to hydrolysis) is 1. The maximum atomic E-state index is 11.6. The van der Waals surface area contributed by atoms with E-state index < -0.39 is 17.7 Å². The minimum absolute atomic E-state index is 0.142. The van der Waals surface area contributed by atoms with Crippen LogP contribution in [-0.4, -0.2) is 30.9 Å². The van der Waals surface area contributed by atoms with Gasteiger partial charge in [-0.25, -0.2) is 9.59 Å². The summed E-state index contributed by atoms with van der Waals surface area (Å²) in [4.78, 5) is 22.8. The Bertz CT molecular complexity index is 508. The Balaban J connectivity index is 2.47. The lowest BCUT2D eigenvalue weighted by molar-refractivity contribution is -0.145. The van der Waals surface area contributed by atoms with Crippen LogP contribution in [0.5, 0.6) is 5.75 Å². The van der Waals surface area contributed by atoms with Gasteiger partial charge in [0.25, 0.3) is 0 Å². The number of carbonyl (C=O) groups is 2. The molecule has 122 valence electrons. The van der Waals surface area contributed by atoms with Gasteiger partial charge in [0.05, 0.1) is 6.61 Å². The van der Waals surface area contributed by atoms with E-state index in [9.17, 15) is 9.59 Å². The molecule has 0 spiro atoms. The Labute approximate surface area is 130 Å². The van der Waals surface area contributed by atoms with Crippen molar-refractivity contribution in [2.24, 2.45) is 0 Å². The van der Waals surface area contributed by atoms with Gasteiger partial charge in [0.2, 0.25) is 0 Å². The highest BCUT2D eigenvalue weighted by Crippen LogP contribution is 2.13. The van der Waals surface area contributed by atoms with Crippen molar-refractivity contribution in [3.05, 3.63) is 29.8 Å². The third-order valence-electron chi connectivity index (χ3n) is 2.40. The van der Waals surface area contributed by atoms with Crippen molar-refractivity contribution in [2.45, 2.75) is 39.8 Å². The van der Waals surface area contributed by atoms with Gasteiger partial charge in [-0.15, -0.1) is 0 Å². The molecule has 0 fully saturated rings. The molecule has 1 amide bonds. The Morgan fingerprint density at radius 2 is 1.95 bits per heavy atom. The van der Waals surface area contributed by atoms with Gasteiger partial charge in [0.15, 0.2) is 6.61 Å². The fraction of sp³-hybridized carbons (Fsp3) is 0.500. The molecular formula is C16H23NO5. The Kier molecular flexibility index (Phi) is 6.69. The van der Waals surface area contributed by atoms with Gasteiger partial charge in [0.1, 0.15) is 11.4 Å². The van der Waals surface area contributed by atoms with E-state index in [4.69, 9.17) is 14.2 Å². The van der Waals surface area contributed by atoms with Crippen LogP contribution in [0.25, 0.3) is 0 Å². The lowest BCUT2D eigenvalue weighted by atomic mass is 10.2. The predicted molar refractivity (Wildman–Crippen MR) is 81.6 cm³/mol. The number of hydrogen-bond donors (Lipinski definition) is 1. The van der Waals surface area contributed by atoms with Crippen LogP contribution in [0.15, 0.2) is 24.3 Å². The van der Waals surface area contributed by atoms with Gasteiger partial charge in [-0.05, 0) is 45.4 Å². The Hall–Kier alpha value is -2.24. The van der Waals surface area contributed by atoms with E-state index in [-0.39, 0.29) is 6.61 Å². The second kappa shape index (κ2) is 8.26. The van der Waals surface area contributed by atoms with E-state index in [1.54, 1.807) is 45.9 Å². The van der Waals surface area contributed by atoms with E-state index in [0.717, 1.165) is 5.56 Å². The van der Waals surface area contributed by atoms with Crippen molar-refractivity contribution in [2.75, 3.05) is 13.2 Å². The largest absolute Gasteiger partial charge is 0.482 e. The number of rotatable bonds is 6. The number of esters is 1. The van der Waals surface area contributed by atoms with Gasteiger partial charge in [-0.1, -0.05) is 12.1 Å². The molecule has 1 aromatic rings. The molecule has 0 atom stereocenters. The first-order chi connectivity index (χ1) is 10.3. The van der Waals surface area contributed by atoms with E-state index >= 15 is 0 Å². The summed E-state index contributed by atoms with van der Waals surface area (Å²) in [5.41, 5.74) is 0.307. The number of hydrogen-bond acceptors (Lipinski definition) is 5. The third-order valence-corrected chi connectivity index (χ3v) is 2.40. The molecule has 0 aliphatic carbocycles. The number of amides is 1. The quantitative estimate of drug-likeness (QED) is 0.818. The maximum absolute atomic E-state index is 11.6. The summed E-state index contributed by atoms with van der Waals surface area (Å²) in [5.74, 6) is 0.122. The van der Waals surface area contributed by atoms with Crippen molar-refractivity contribution in [3.8, 4) is 5.75 Å². The summed E-state index contributed by atoms with van der Waals surface area (Å²) in [6.45, 7) is 7.63. The molecule has 6 heteroatoms. The molecule has 0 aliphatic heterocycles. The minimum Gasteiger partial charge on any atom is -0.482 e. The van der Waals surface area contributed by atoms with Gasteiger partial charge >= 0.3 is 12.1 Å². The average Bonchev–Trinajstić information content (AvgIpc) is 2.42. The number of nitrogens with one attached hydrogen (secondary N) is 1. The van der Waals surface area contributed by atoms with Crippen LogP contribution >= 0.6 is 0 Å². The second-order valence-electron chi connectivity index (χ2n) is 5.60. The third kappa shape index (κ3) is 7.52. The number of benzene rings is 1. The van der Waals surface area contributed by atoms with E-state index in [0.29, 0.717) is 18.9 Å². The fourth-order valence-electron chi connectivity index (χ4n) is 1.58. The van der Waals surface area contributed by atoms with Gasteiger partial charge in [0, 0.05) is 6.54 Å². The zero-order valence-corrected chi connectivity index (χ0v) is 13.5. The van der Waals surface area contributed by atoms with Crippen molar-refractivity contribution in [1.82, 2.24) is 5.32 Å². The van der Waals surface area contributed by atoms with Crippen LogP contribution in [0.3, 0.4) is 0 Å². The Morgan fingerprint density at radius 3 is 2.59 bits per heavy atom. The number of carbonyl (C=O) groups excluding carboxylic acids is 2. The monoisotopic (exact) mass is 309 g/mol. The van der Waals surface area contributed by atoms with Gasteiger partial charge in [-0.2, -0.15) is 0 Å². The molecule has 0 saturated carbocycles. The molecule has 0 unspecified atom stereocenters. The van der Waals surface area contributed by atoms with E-state index in [1.165, 1.54) is 0 Å². The second-order valence-corrected chi connectivity index (χ2v) is 5.60. The Morgan fingerprint density at radius 1 is 1.23 bits per heavy atom. The molecule has 6 nitrogen and oxygen atoms in total. The normalized spacial score (nSPS) is 10.7. The fourth-order valence-corrected chi connectivity index (χ4v) is 1.58. The van der Waals surface area contributed by atoms with E-state index in [1.807, 2.05) is 6.07 Å². The van der Waals surface area contributed by atoms with Gasteiger partial charge < -0.3 is 19.5 Å². The predicted octanol–water partition coefficient (Wildman–Crippen LogP) is 2.65. The average molecular weight is 309 g/mol. The molecular weight excluding hydrogens is 286 g/mol. The lowest BCUT2D eigenvalue weighted by Crippen LogP contribution is -2.32. The van der Waals surface area contributed by atoms with Crippen LogP contribution in [0, 0.1) is 0 Å². The lowest BCUT2D eigenvalue weighted by Gasteiger charge is -2.19. The summed E-state index contributed by atoms with van der Waals surface area (Å²) in [6.07, 6.45) is -0.481. The van der Waals surface area contributed by atoms with Crippen LogP contribution in [0.1, 0.15) is 33.3 Å². The maximum Gasteiger partial charge on any atom is 0.407 e. The standard InChI is InChI=1S/C16H23NO5/c1-5-20-14(18)11-21-13-8-6-7-12(9-13)10-17-15(19)22-16(2,3)4/h6-9H,5,10-11H2,1-4H3,(H,17,19). The zero-order valence-electron chi connectivity index (χ0n) is 13.5. The van der Waals surface area contributed by atoms with Crippen molar-refractivity contribution >= 4 is 12.1 Å². The summed E-state index contributed by atoms with van der Waals surface area (Å²) >= 11 is 0. The van der Waals surface area contributed by atoms with Crippen LogP contribution in [0.2, 0.25) is 0 Å². The molecule has 0 aliphatic rings. The molecule has 0 aromatic heterocycles. The van der Waals surface area contributed by atoms with E-state index in [2.05, 4.69) is 5.32 Å². The zero-order chi connectivity index (χ0) is 16.6. The summed E-state index contributed by atoms with van der Waals surface area (Å²) in [5, 5.41) is 2.66. The first-order valence-electron chi connectivity index (χ1n) is 7.14. The van der Waals surface area contributed by atoms with Gasteiger partial charge in [-0.3, -0.25) is 0 Å². The first-order valence-corrected chi connectivity index (χ1v) is 7.14.